The molecule has 8 aliphatic rings. The van der Waals surface area contributed by atoms with E-state index in [1.807, 2.05) is 0 Å². The highest BCUT2D eigenvalue weighted by molar-refractivity contribution is 7.85. The van der Waals surface area contributed by atoms with Crippen molar-refractivity contribution in [3.8, 4) is 0 Å². The number of esters is 1. The molecule has 62 heavy (non-hydrogen) atoms. The lowest BCUT2D eigenvalue weighted by Gasteiger charge is -2.63. The van der Waals surface area contributed by atoms with Crippen molar-refractivity contribution in [1.29, 1.82) is 0 Å². The topological polar surface area (TPSA) is 191 Å². The molecule has 0 bridgehead atoms. The van der Waals surface area contributed by atoms with Crippen LogP contribution in [-0.4, -0.2) is 88.1 Å². The van der Waals surface area contributed by atoms with Crippen LogP contribution in [0, 0.1) is 92.7 Å². The summed E-state index contributed by atoms with van der Waals surface area (Å²) in [7, 11) is -4.14. The van der Waals surface area contributed by atoms with Crippen molar-refractivity contribution < 1.29 is 47.7 Å². The molecule has 0 spiro atoms. The Labute approximate surface area is 372 Å². The summed E-state index contributed by atoms with van der Waals surface area (Å²) < 4.78 is 37.4. The van der Waals surface area contributed by atoms with Gasteiger partial charge in [0.2, 0.25) is 5.91 Å². The highest BCUT2D eigenvalue weighted by atomic mass is 32.2. The van der Waals surface area contributed by atoms with Crippen LogP contribution in [0.5, 0.6) is 0 Å². The molecule has 8 aliphatic carbocycles. The molecule has 0 aromatic heterocycles. The van der Waals surface area contributed by atoms with E-state index in [9.17, 15) is 38.4 Å². The first-order chi connectivity index (χ1) is 29.1. The summed E-state index contributed by atoms with van der Waals surface area (Å²) >= 11 is 0. The average Bonchev–Trinajstić information content (AvgIpc) is 3.75. The molecular formula is C50H83NO10S. The maximum Gasteiger partial charge on any atom is 0.306 e. The maximum absolute atomic E-state index is 13.6. The average molecular weight is 890 g/mol. The summed E-state index contributed by atoms with van der Waals surface area (Å²) in [5.74, 6) is 2.92. The molecule has 8 saturated carbocycles. The van der Waals surface area contributed by atoms with Gasteiger partial charge in [-0.3, -0.25) is 14.1 Å². The molecule has 8 fully saturated rings. The van der Waals surface area contributed by atoms with Gasteiger partial charge in [-0.1, -0.05) is 41.5 Å². The molecule has 6 N–H and O–H groups in total. The molecule has 0 aromatic rings. The second kappa shape index (κ2) is 17.4. The molecule has 0 aromatic carbocycles. The first-order valence-corrected chi connectivity index (χ1v) is 26.8. The number of amides is 1. The van der Waals surface area contributed by atoms with Gasteiger partial charge in [0.25, 0.3) is 10.1 Å². The number of ether oxygens (including phenoxy) is 1. The van der Waals surface area contributed by atoms with Crippen LogP contribution in [0.2, 0.25) is 0 Å². The Morgan fingerprint density at radius 3 is 1.94 bits per heavy atom. The van der Waals surface area contributed by atoms with Gasteiger partial charge in [-0.15, -0.1) is 0 Å². The van der Waals surface area contributed by atoms with Gasteiger partial charge in [0.15, 0.2) is 0 Å². The number of hydrogen-bond donors (Lipinski definition) is 6. The number of carbonyl (C=O) groups excluding carboxylic acids is 2. The zero-order valence-electron chi connectivity index (χ0n) is 38.8. The number of aliphatic hydroxyl groups is 4. The van der Waals surface area contributed by atoms with Gasteiger partial charge in [-0.05, 0) is 202 Å². The van der Waals surface area contributed by atoms with E-state index in [0.29, 0.717) is 61.2 Å². The van der Waals surface area contributed by atoms with Gasteiger partial charge in [0.05, 0.1) is 30.2 Å². The molecular weight excluding hydrogens is 807 g/mol. The molecule has 0 heterocycles. The van der Waals surface area contributed by atoms with Gasteiger partial charge < -0.3 is 30.5 Å². The Morgan fingerprint density at radius 1 is 0.661 bits per heavy atom. The van der Waals surface area contributed by atoms with Crippen LogP contribution in [-0.2, 0) is 24.4 Å². The zero-order valence-corrected chi connectivity index (χ0v) is 39.7. The molecule has 354 valence electrons. The zero-order chi connectivity index (χ0) is 44.7. The second-order valence-corrected chi connectivity index (χ2v) is 25.7. The van der Waals surface area contributed by atoms with Gasteiger partial charge in [0, 0.05) is 19.4 Å². The van der Waals surface area contributed by atoms with Gasteiger partial charge in [-0.25, -0.2) is 0 Å². The molecule has 21 atom stereocenters. The fourth-order valence-corrected chi connectivity index (χ4v) is 18.5. The highest BCUT2D eigenvalue weighted by Gasteiger charge is 2.66. The van der Waals surface area contributed by atoms with E-state index < -0.39 is 28.1 Å². The van der Waals surface area contributed by atoms with Crippen LogP contribution < -0.4 is 5.32 Å². The summed E-state index contributed by atoms with van der Waals surface area (Å²) in [6.45, 7) is 13.9. The lowest BCUT2D eigenvalue weighted by Crippen LogP contribution is -2.62. The molecule has 12 heteroatoms. The number of nitrogens with one attached hydrogen (secondary N) is 1. The minimum atomic E-state index is -4.14. The molecule has 8 rings (SSSR count). The number of aliphatic hydroxyl groups excluding tert-OH is 4. The third kappa shape index (κ3) is 8.27. The standard InChI is InChI=1S/C50H83NO10S/c1-28(34-9-11-36-45-37(17-20-49(34,36)5)47(3)18-15-32(52)23-30(47)25-40(45)53)8-14-44(57)61-33-16-19-48(4)31(24-33)26-41(54)46-38-12-10-35(50(38,6)42(55)27-39(46)48)29(2)7-13-43(56)51-21-22-62(58,59)60/h28-42,45-46,52-55H,7-27H2,1-6H3,(H,51,56)(H,58,59,60)/t28-,29-,30?,31?,32+,33-,34-,35-,36?,37?,38+,39+,40+,41-,42+,45?,46+,47+,48+,49-,50-/m1/s1. The first-order valence-electron chi connectivity index (χ1n) is 25.2. The lowest BCUT2D eigenvalue weighted by atomic mass is 9.43. The number of fused-ring (bicyclic) bond motifs is 10. The first kappa shape index (κ1) is 47.2. The molecule has 0 saturated heterocycles. The fraction of sp³-hybridized carbons (Fsp3) is 0.960. The van der Waals surface area contributed by atoms with Gasteiger partial charge in [-0.2, -0.15) is 8.42 Å². The van der Waals surface area contributed by atoms with E-state index in [-0.39, 0.29) is 100 Å². The van der Waals surface area contributed by atoms with Crippen molar-refractivity contribution in [2.24, 2.45) is 92.7 Å². The van der Waals surface area contributed by atoms with Crippen LogP contribution in [0.3, 0.4) is 0 Å². The minimum absolute atomic E-state index is 0.0522. The highest BCUT2D eigenvalue weighted by Crippen LogP contribution is 2.70. The fourth-order valence-electron chi connectivity index (χ4n) is 18.2. The Kier molecular flexibility index (Phi) is 13.2. The molecule has 0 aliphatic heterocycles. The van der Waals surface area contributed by atoms with Crippen LogP contribution in [0.1, 0.15) is 164 Å². The van der Waals surface area contributed by atoms with Crippen molar-refractivity contribution in [2.75, 3.05) is 12.3 Å². The SMILES string of the molecule is C[C@H](CCC(=O)NCCS(=O)(=O)O)[C@H]1CC[C@H]2[C@@H]3[C@H](O)CC4C[C@H](OC(=O)CC[C@@H](C)[C@H]5CCC6C7C(CC[C@@]65C)[C@@]5(C)CC[C@H](O)CC5C[C@@H]7O)CC[C@]4(C)[C@H]3C[C@H](O)[C@]12C. The summed E-state index contributed by atoms with van der Waals surface area (Å²) in [4.78, 5) is 26.1. The van der Waals surface area contributed by atoms with Crippen molar-refractivity contribution >= 4 is 22.0 Å². The van der Waals surface area contributed by atoms with E-state index in [1.54, 1.807) is 0 Å². The van der Waals surface area contributed by atoms with E-state index in [1.165, 1.54) is 6.42 Å². The predicted molar refractivity (Wildman–Crippen MR) is 237 cm³/mol. The van der Waals surface area contributed by atoms with E-state index in [0.717, 1.165) is 83.5 Å². The Balaban J connectivity index is 0.830. The lowest BCUT2D eigenvalue weighted by molar-refractivity contribution is -0.209. The van der Waals surface area contributed by atoms with Crippen LogP contribution >= 0.6 is 0 Å². The van der Waals surface area contributed by atoms with Gasteiger partial charge in [0.1, 0.15) is 6.10 Å². The van der Waals surface area contributed by atoms with Crippen LogP contribution in [0.15, 0.2) is 0 Å². The quantitative estimate of drug-likeness (QED) is 0.0855. The number of carbonyl (C=O) groups is 2. The monoisotopic (exact) mass is 890 g/mol. The van der Waals surface area contributed by atoms with Crippen molar-refractivity contribution in [1.82, 2.24) is 5.32 Å². The summed E-state index contributed by atoms with van der Waals surface area (Å²) in [6, 6.07) is 0. The van der Waals surface area contributed by atoms with Crippen molar-refractivity contribution in [3.63, 3.8) is 0 Å². The molecule has 5 unspecified atom stereocenters. The van der Waals surface area contributed by atoms with Gasteiger partial charge >= 0.3 is 5.97 Å². The largest absolute Gasteiger partial charge is 0.462 e. The Morgan fingerprint density at radius 2 is 1.23 bits per heavy atom. The second-order valence-electron chi connectivity index (χ2n) is 24.1. The van der Waals surface area contributed by atoms with Crippen molar-refractivity contribution in [2.45, 2.75) is 194 Å². The normalized spacial score (nSPS) is 49.5. The third-order valence-corrected chi connectivity index (χ3v) is 22.2. The summed E-state index contributed by atoms with van der Waals surface area (Å²) in [6.07, 6.45) is 14.5. The van der Waals surface area contributed by atoms with Crippen molar-refractivity contribution in [3.05, 3.63) is 0 Å². The van der Waals surface area contributed by atoms with Crippen LogP contribution in [0.4, 0.5) is 0 Å². The molecule has 0 radical (unpaired) electrons. The minimum Gasteiger partial charge on any atom is -0.462 e. The van der Waals surface area contributed by atoms with E-state index in [4.69, 9.17) is 9.29 Å². The Bertz CT molecular complexity index is 1760. The molecule has 11 nitrogen and oxygen atoms in total. The summed E-state index contributed by atoms with van der Waals surface area (Å²) in [5.41, 5.74) is -0.0300. The van der Waals surface area contributed by atoms with E-state index >= 15 is 0 Å². The molecule has 1 amide bonds. The number of hydrogen-bond acceptors (Lipinski definition) is 9. The Hall–Kier alpha value is -1.31. The smallest absolute Gasteiger partial charge is 0.306 e. The van der Waals surface area contributed by atoms with Crippen LogP contribution in [0.25, 0.3) is 0 Å². The van der Waals surface area contributed by atoms with E-state index in [2.05, 4.69) is 46.9 Å². The predicted octanol–water partition coefficient (Wildman–Crippen LogP) is 7.33. The third-order valence-electron chi connectivity index (χ3n) is 21.5. The number of rotatable bonds is 12. The summed E-state index contributed by atoms with van der Waals surface area (Å²) in [5, 5.41) is 48.8. The maximum atomic E-state index is 13.6.